The molecule has 168 valence electrons. The molecule has 7 heteroatoms. The van der Waals surface area contributed by atoms with Crippen LogP contribution in [-0.4, -0.2) is 49.6 Å². The van der Waals surface area contributed by atoms with Crippen LogP contribution in [0.4, 0.5) is 5.69 Å². The summed E-state index contributed by atoms with van der Waals surface area (Å²) in [5.74, 6) is -0.216. The van der Waals surface area contributed by atoms with Crippen molar-refractivity contribution in [3.63, 3.8) is 0 Å². The number of nitrogens with zero attached hydrogens (tertiary/aromatic N) is 1. The highest BCUT2D eigenvalue weighted by atomic mass is 16.5. The third-order valence-electron chi connectivity index (χ3n) is 5.84. The van der Waals surface area contributed by atoms with E-state index in [0.717, 1.165) is 30.7 Å². The first-order valence-electron chi connectivity index (χ1n) is 10.9. The lowest BCUT2D eigenvalue weighted by atomic mass is 10.0. The van der Waals surface area contributed by atoms with E-state index < -0.39 is 12.1 Å². The minimum absolute atomic E-state index is 0.0200. The molecule has 2 aliphatic rings. The van der Waals surface area contributed by atoms with Crippen LogP contribution in [0.5, 0.6) is 5.75 Å². The van der Waals surface area contributed by atoms with Crippen LogP contribution in [-0.2, 0) is 20.7 Å². The zero-order valence-corrected chi connectivity index (χ0v) is 18.3. The van der Waals surface area contributed by atoms with Gasteiger partial charge in [-0.25, -0.2) is 4.79 Å². The summed E-state index contributed by atoms with van der Waals surface area (Å²) in [5.41, 5.74) is 2.59. The van der Waals surface area contributed by atoms with E-state index >= 15 is 0 Å². The van der Waals surface area contributed by atoms with Crippen LogP contribution in [0.15, 0.2) is 42.5 Å². The zero-order chi connectivity index (χ0) is 22.7. The van der Waals surface area contributed by atoms with E-state index in [4.69, 9.17) is 14.2 Å². The predicted octanol–water partition coefficient (Wildman–Crippen LogP) is 3.58. The Balaban J connectivity index is 1.34. The molecule has 2 aromatic carbocycles. The van der Waals surface area contributed by atoms with E-state index in [2.05, 4.69) is 0 Å². The molecular formula is C25H27NO6. The monoisotopic (exact) mass is 437 g/mol. The van der Waals surface area contributed by atoms with Gasteiger partial charge >= 0.3 is 5.97 Å². The van der Waals surface area contributed by atoms with E-state index in [1.807, 2.05) is 0 Å². The lowest BCUT2D eigenvalue weighted by Crippen LogP contribution is -2.26. The molecule has 1 amide bonds. The van der Waals surface area contributed by atoms with Crippen molar-refractivity contribution in [2.45, 2.75) is 45.3 Å². The lowest BCUT2D eigenvalue weighted by molar-refractivity contribution is -0.116. The van der Waals surface area contributed by atoms with Crippen molar-refractivity contribution in [1.82, 2.24) is 0 Å². The number of anilines is 1. The number of rotatable bonds is 7. The summed E-state index contributed by atoms with van der Waals surface area (Å²) in [6.07, 6.45) is 1.94. The van der Waals surface area contributed by atoms with Gasteiger partial charge in [0.05, 0.1) is 11.7 Å². The number of fused-ring (bicyclic) bond motifs is 1. The summed E-state index contributed by atoms with van der Waals surface area (Å²) in [7, 11) is 0. The molecule has 2 heterocycles. The van der Waals surface area contributed by atoms with Crippen LogP contribution in [0.1, 0.15) is 53.0 Å². The fourth-order valence-corrected chi connectivity index (χ4v) is 4.05. The van der Waals surface area contributed by atoms with E-state index in [1.54, 1.807) is 54.3 Å². The third-order valence-corrected chi connectivity index (χ3v) is 5.84. The van der Waals surface area contributed by atoms with Crippen molar-refractivity contribution >= 4 is 23.3 Å². The number of Topliss-reactive ketones (excluding diaryl/α,β-unsaturated/α-hetero) is 1. The predicted molar refractivity (Wildman–Crippen MR) is 118 cm³/mol. The van der Waals surface area contributed by atoms with Gasteiger partial charge in [-0.2, -0.15) is 0 Å². The number of ether oxygens (including phenoxy) is 3. The zero-order valence-electron chi connectivity index (χ0n) is 18.3. The summed E-state index contributed by atoms with van der Waals surface area (Å²) in [6.45, 7) is 4.96. The van der Waals surface area contributed by atoms with E-state index in [-0.39, 0.29) is 17.8 Å². The van der Waals surface area contributed by atoms with E-state index in [9.17, 15) is 14.4 Å². The quantitative estimate of drug-likeness (QED) is 0.486. The molecule has 0 bridgehead atoms. The molecule has 0 saturated carbocycles. The van der Waals surface area contributed by atoms with Crippen molar-refractivity contribution in [2.24, 2.45) is 0 Å². The Morgan fingerprint density at radius 3 is 2.56 bits per heavy atom. The molecule has 4 rings (SSSR count). The number of hydrogen-bond acceptors (Lipinski definition) is 6. The summed E-state index contributed by atoms with van der Waals surface area (Å²) in [5, 5.41) is 0. The molecule has 0 spiro atoms. The fourth-order valence-electron chi connectivity index (χ4n) is 4.05. The van der Waals surface area contributed by atoms with E-state index in [0.29, 0.717) is 36.4 Å². The number of benzene rings is 2. The first-order chi connectivity index (χ1) is 15.4. The van der Waals surface area contributed by atoms with Gasteiger partial charge in [0.2, 0.25) is 11.7 Å². The average molecular weight is 437 g/mol. The van der Waals surface area contributed by atoms with Crippen molar-refractivity contribution in [2.75, 3.05) is 24.7 Å². The molecule has 2 aromatic rings. The van der Waals surface area contributed by atoms with Crippen LogP contribution < -0.4 is 9.64 Å². The highest BCUT2D eigenvalue weighted by Crippen LogP contribution is 2.29. The topological polar surface area (TPSA) is 82.1 Å². The summed E-state index contributed by atoms with van der Waals surface area (Å²) in [6, 6.07) is 11.9. The molecule has 0 aromatic heterocycles. The van der Waals surface area contributed by atoms with Crippen LogP contribution in [0.3, 0.4) is 0 Å². The first kappa shape index (κ1) is 22.0. The standard InChI is InChI=1S/C25H27NO6/c1-16(24(28)20-7-10-23-19(14-20)11-12-26(23)17(2)27)32-25(29)18-5-8-21(9-6-18)31-15-22-4-3-13-30-22/h5-10,14,16,22H,3-4,11-13,15H2,1-2H3. The Morgan fingerprint density at radius 2 is 1.88 bits per heavy atom. The Labute approximate surface area is 187 Å². The lowest BCUT2D eigenvalue weighted by Gasteiger charge is -2.16. The minimum Gasteiger partial charge on any atom is -0.491 e. The molecule has 0 N–H and O–H groups in total. The van der Waals surface area contributed by atoms with Crippen molar-refractivity contribution < 1.29 is 28.6 Å². The maximum absolute atomic E-state index is 12.8. The molecule has 0 radical (unpaired) electrons. The highest BCUT2D eigenvalue weighted by molar-refractivity contribution is 6.02. The Morgan fingerprint density at radius 1 is 1.12 bits per heavy atom. The molecule has 2 unspecified atom stereocenters. The van der Waals surface area contributed by atoms with Crippen LogP contribution in [0.25, 0.3) is 0 Å². The SMILES string of the molecule is CC(=O)N1CCc2cc(C(=O)C(C)OC(=O)c3ccc(OCC4CCCO4)cc3)ccc21. The molecule has 2 atom stereocenters. The molecule has 32 heavy (non-hydrogen) atoms. The molecular weight excluding hydrogens is 410 g/mol. The normalized spacial score (nSPS) is 18.2. The van der Waals surface area contributed by atoms with E-state index in [1.165, 1.54) is 6.92 Å². The van der Waals surface area contributed by atoms with Gasteiger partial charge < -0.3 is 19.1 Å². The number of esters is 1. The van der Waals surface area contributed by atoms with Gasteiger partial charge in [-0.15, -0.1) is 0 Å². The smallest absolute Gasteiger partial charge is 0.338 e. The van der Waals surface area contributed by atoms with Gasteiger partial charge in [-0.05, 0) is 74.2 Å². The number of ketones is 1. The van der Waals surface area contributed by atoms with Gasteiger partial charge in [0, 0.05) is 31.3 Å². The molecule has 2 aliphatic heterocycles. The van der Waals surface area contributed by atoms with Crippen LogP contribution in [0.2, 0.25) is 0 Å². The first-order valence-corrected chi connectivity index (χ1v) is 10.9. The second-order valence-electron chi connectivity index (χ2n) is 8.15. The number of hydrogen-bond donors (Lipinski definition) is 0. The molecule has 1 fully saturated rings. The van der Waals surface area contributed by atoms with Gasteiger partial charge in [-0.1, -0.05) is 0 Å². The highest BCUT2D eigenvalue weighted by Gasteiger charge is 2.26. The summed E-state index contributed by atoms with van der Waals surface area (Å²) < 4.78 is 16.6. The Kier molecular flexibility index (Phi) is 6.55. The van der Waals surface area contributed by atoms with Crippen molar-refractivity contribution in [1.29, 1.82) is 0 Å². The number of carbonyl (C=O) groups is 3. The Bertz CT molecular complexity index is 1010. The summed E-state index contributed by atoms with van der Waals surface area (Å²) >= 11 is 0. The molecule has 1 saturated heterocycles. The van der Waals surface area contributed by atoms with Gasteiger partial charge in [0.15, 0.2) is 6.10 Å². The molecule has 0 aliphatic carbocycles. The van der Waals surface area contributed by atoms with Crippen LogP contribution in [0, 0.1) is 0 Å². The average Bonchev–Trinajstić information content (AvgIpc) is 3.46. The maximum atomic E-state index is 12.8. The Hall–Kier alpha value is -3.19. The third kappa shape index (κ3) is 4.83. The minimum atomic E-state index is -0.929. The van der Waals surface area contributed by atoms with Crippen molar-refractivity contribution in [3.8, 4) is 5.75 Å². The van der Waals surface area contributed by atoms with Gasteiger partial charge in [0.1, 0.15) is 12.4 Å². The second kappa shape index (κ2) is 9.53. The number of carbonyl (C=O) groups excluding carboxylic acids is 3. The van der Waals surface area contributed by atoms with Crippen molar-refractivity contribution in [3.05, 3.63) is 59.2 Å². The summed E-state index contributed by atoms with van der Waals surface area (Å²) in [4.78, 5) is 38.7. The van der Waals surface area contributed by atoms with Crippen LogP contribution >= 0.6 is 0 Å². The maximum Gasteiger partial charge on any atom is 0.338 e. The fraction of sp³-hybridized carbons (Fsp3) is 0.400. The molecule has 7 nitrogen and oxygen atoms in total. The van der Waals surface area contributed by atoms with Gasteiger partial charge in [0.25, 0.3) is 0 Å². The largest absolute Gasteiger partial charge is 0.491 e. The second-order valence-corrected chi connectivity index (χ2v) is 8.15. The number of amides is 1. The van der Waals surface area contributed by atoms with Gasteiger partial charge in [-0.3, -0.25) is 9.59 Å².